The fourth-order valence-electron chi connectivity index (χ4n) is 3.53. The van der Waals surface area contributed by atoms with E-state index in [-0.39, 0.29) is 0 Å². The minimum Gasteiger partial charge on any atom is -0.309 e. The van der Waals surface area contributed by atoms with Crippen molar-refractivity contribution in [1.29, 1.82) is 0 Å². The van der Waals surface area contributed by atoms with Crippen LogP contribution in [0.2, 0.25) is 0 Å². The van der Waals surface area contributed by atoms with Gasteiger partial charge in [0.25, 0.3) is 0 Å². The van der Waals surface area contributed by atoms with Crippen LogP contribution >= 0.6 is 0 Å². The zero-order valence-electron chi connectivity index (χ0n) is 13.5. The third-order valence-electron chi connectivity index (χ3n) is 4.67. The number of hydrogen-bond donors (Lipinski definition) is 1. The van der Waals surface area contributed by atoms with Gasteiger partial charge in [0.1, 0.15) is 0 Å². The largest absolute Gasteiger partial charge is 0.309 e. The van der Waals surface area contributed by atoms with Crippen LogP contribution < -0.4 is 5.32 Å². The molecule has 0 amide bonds. The van der Waals surface area contributed by atoms with Crippen LogP contribution in [0.4, 0.5) is 0 Å². The standard InChI is InChI=1S/C19H31N/c1-4-5-6-7-8-11-14-20-18-17-13-10-9-12-16(17)15-19(18,2)3/h9-10,12-13,18,20H,4-8,11,14-15H2,1-3H3. The van der Waals surface area contributed by atoms with E-state index in [0.717, 1.165) is 6.54 Å². The molecular formula is C19H31N. The summed E-state index contributed by atoms with van der Waals surface area (Å²) in [7, 11) is 0. The Morgan fingerprint density at radius 2 is 1.75 bits per heavy atom. The van der Waals surface area contributed by atoms with Crippen molar-refractivity contribution >= 4 is 0 Å². The predicted octanol–water partition coefficient (Wildman–Crippen LogP) is 5.26. The third kappa shape index (κ3) is 3.85. The molecule has 0 saturated heterocycles. The van der Waals surface area contributed by atoms with E-state index in [1.165, 1.54) is 56.1 Å². The lowest BCUT2D eigenvalue weighted by molar-refractivity contribution is 0.268. The Kier molecular flexibility index (Phi) is 5.65. The Balaban J connectivity index is 1.77. The van der Waals surface area contributed by atoms with Crippen molar-refractivity contribution in [3.05, 3.63) is 35.4 Å². The maximum atomic E-state index is 3.82. The summed E-state index contributed by atoms with van der Waals surface area (Å²) in [5.41, 5.74) is 3.42. The van der Waals surface area contributed by atoms with E-state index in [1.807, 2.05) is 0 Å². The number of fused-ring (bicyclic) bond motifs is 1. The molecule has 1 nitrogen and oxygen atoms in total. The van der Waals surface area contributed by atoms with Crippen LogP contribution in [-0.4, -0.2) is 6.54 Å². The van der Waals surface area contributed by atoms with Gasteiger partial charge in [-0.05, 0) is 35.9 Å². The van der Waals surface area contributed by atoms with Gasteiger partial charge in [0, 0.05) is 6.04 Å². The van der Waals surface area contributed by atoms with E-state index < -0.39 is 0 Å². The van der Waals surface area contributed by atoms with Crippen molar-refractivity contribution in [2.45, 2.75) is 71.8 Å². The van der Waals surface area contributed by atoms with Crippen LogP contribution in [0.15, 0.2) is 24.3 Å². The first-order valence-corrected chi connectivity index (χ1v) is 8.46. The molecule has 0 radical (unpaired) electrons. The fraction of sp³-hybridized carbons (Fsp3) is 0.684. The first-order chi connectivity index (χ1) is 9.65. The van der Waals surface area contributed by atoms with Gasteiger partial charge in [-0.3, -0.25) is 0 Å². The van der Waals surface area contributed by atoms with Crippen LogP contribution in [0.1, 0.15) is 76.5 Å². The molecule has 0 saturated carbocycles. The zero-order valence-corrected chi connectivity index (χ0v) is 13.5. The molecule has 0 bridgehead atoms. The summed E-state index contributed by atoms with van der Waals surface area (Å²) in [4.78, 5) is 0. The molecule has 0 spiro atoms. The Morgan fingerprint density at radius 1 is 1.05 bits per heavy atom. The summed E-state index contributed by atoms with van der Waals surface area (Å²) < 4.78 is 0. The van der Waals surface area contributed by atoms with Crippen LogP contribution in [-0.2, 0) is 6.42 Å². The van der Waals surface area contributed by atoms with Gasteiger partial charge in [-0.2, -0.15) is 0 Å². The van der Waals surface area contributed by atoms with E-state index in [4.69, 9.17) is 0 Å². The Hall–Kier alpha value is -0.820. The van der Waals surface area contributed by atoms with E-state index in [9.17, 15) is 0 Å². The molecule has 112 valence electrons. The Labute approximate surface area is 125 Å². The van der Waals surface area contributed by atoms with Crippen molar-refractivity contribution in [3.8, 4) is 0 Å². The second-order valence-corrected chi connectivity index (χ2v) is 7.02. The molecule has 1 aromatic rings. The first kappa shape index (κ1) is 15.6. The van der Waals surface area contributed by atoms with Gasteiger partial charge >= 0.3 is 0 Å². The number of rotatable bonds is 8. The molecule has 0 fully saturated rings. The Bertz CT molecular complexity index is 408. The molecule has 1 atom stereocenters. The summed E-state index contributed by atoms with van der Waals surface area (Å²) >= 11 is 0. The lowest BCUT2D eigenvalue weighted by atomic mass is 9.85. The molecule has 1 aliphatic carbocycles. The van der Waals surface area contributed by atoms with Gasteiger partial charge in [-0.1, -0.05) is 77.1 Å². The molecule has 1 heteroatoms. The second kappa shape index (κ2) is 7.26. The molecular weight excluding hydrogens is 242 g/mol. The molecule has 0 aliphatic heterocycles. The molecule has 1 aromatic carbocycles. The lowest BCUT2D eigenvalue weighted by Gasteiger charge is -2.28. The van der Waals surface area contributed by atoms with Gasteiger partial charge < -0.3 is 5.32 Å². The molecule has 2 rings (SSSR count). The molecule has 0 heterocycles. The monoisotopic (exact) mass is 273 g/mol. The van der Waals surface area contributed by atoms with E-state index in [0.29, 0.717) is 11.5 Å². The molecule has 20 heavy (non-hydrogen) atoms. The molecule has 1 N–H and O–H groups in total. The van der Waals surface area contributed by atoms with Crippen LogP contribution in [0.5, 0.6) is 0 Å². The van der Waals surface area contributed by atoms with Crippen molar-refractivity contribution in [1.82, 2.24) is 5.32 Å². The number of nitrogens with one attached hydrogen (secondary N) is 1. The van der Waals surface area contributed by atoms with Crippen LogP contribution in [0, 0.1) is 5.41 Å². The molecule has 0 aromatic heterocycles. The van der Waals surface area contributed by atoms with Crippen molar-refractivity contribution in [2.24, 2.45) is 5.41 Å². The van der Waals surface area contributed by atoms with Gasteiger partial charge in [0.15, 0.2) is 0 Å². The normalized spacial score (nSPS) is 20.1. The highest BCUT2D eigenvalue weighted by molar-refractivity contribution is 5.37. The summed E-state index contributed by atoms with van der Waals surface area (Å²) in [5, 5.41) is 3.82. The highest BCUT2D eigenvalue weighted by Crippen LogP contribution is 2.44. The van der Waals surface area contributed by atoms with E-state index in [2.05, 4.69) is 50.4 Å². The SMILES string of the molecule is CCCCCCCCNC1c2ccccc2CC1(C)C. The minimum absolute atomic E-state index is 0.353. The van der Waals surface area contributed by atoms with Gasteiger partial charge in [-0.25, -0.2) is 0 Å². The van der Waals surface area contributed by atoms with Gasteiger partial charge in [-0.15, -0.1) is 0 Å². The minimum atomic E-state index is 0.353. The van der Waals surface area contributed by atoms with E-state index >= 15 is 0 Å². The summed E-state index contributed by atoms with van der Waals surface area (Å²) in [6, 6.07) is 9.49. The van der Waals surface area contributed by atoms with Gasteiger partial charge in [0.05, 0.1) is 0 Å². The quantitative estimate of drug-likeness (QED) is 0.637. The van der Waals surface area contributed by atoms with Crippen molar-refractivity contribution in [2.75, 3.05) is 6.54 Å². The highest BCUT2D eigenvalue weighted by atomic mass is 14.9. The first-order valence-electron chi connectivity index (χ1n) is 8.46. The topological polar surface area (TPSA) is 12.0 Å². The van der Waals surface area contributed by atoms with Gasteiger partial charge in [0.2, 0.25) is 0 Å². The van der Waals surface area contributed by atoms with Crippen LogP contribution in [0.3, 0.4) is 0 Å². The zero-order chi connectivity index (χ0) is 14.4. The average molecular weight is 273 g/mol. The highest BCUT2D eigenvalue weighted by Gasteiger charge is 2.37. The smallest absolute Gasteiger partial charge is 0.0377 e. The maximum absolute atomic E-state index is 3.82. The lowest BCUT2D eigenvalue weighted by Crippen LogP contribution is -2.31. The number of hydrogen-bond acceptors (Lipinski definition) is 1. The maximum Gasteiger partial charge on any atom is 0.0377 e. The number of unbranched alkanes of at least 4 members (excludes halogenated alkanes) is 5. The summed E-state index contributed by atoms with van der Waals surface area (Å²) in [6.45, 7) is 8.23. The average Bonchev–Trinajstić information content (AvgIpc) is 2.68. The van der Waals surface area contributed by atoms with Crippen molar-refractivity contribution < 1.29 is 0 Å². The second-order valence-electron chi connectivity index (χ2n) is 7.02. The third-order valence-corrected chi connectivity index (χ3v) is 4.67. The van der Waals surface area contributed by atoms with E-state index in [1.54, 1.807) is 0 Å². The predicted molar refractivity (Wildman–Crippen MR) is 88.0 cm³/mol. The Morgan fingerprint density at radius 3 is 2.55 bits per heavy atom. The molecule has 1 aliphatic rings. The molecule has 1 unspecified atom stereocenters. The summed E-state index contributed by atoms with van der Waals surface area (Å²) in [5.74, 6) is 0. The van der Waals surface area contributed by atoms with Crippen molar-refractivity contribution in [3.63, 3.8) is 0 Å². The fourth-order valence-corrected chi connectivity index (χ4v) is 3.53. The van der Waals surface area contributed by atoms with Crippen LogP contribution in [0.25, 0.3) is 0 Å². The summed E-state index contributed by atoms with van der Waals surface area (Å²) in [6.07, 6.45) is 9.45. The number of benzene rings is 1.